The minimum Gasteiger partial charge on any atom is -0.489 e. The van der Waals surface area contributed by atoms with E-state index in [0.717, 1.165) is 48.9 Å². The molecule has 1 amide bonds. The van der Waals surface area contributed by atoms with E-state index in [0.29, 0.717) is 30.2 Å². The van der Waals surface area contributed by atoms with Gasteiger partial charge in [0.15, 0.2) is 0 Å². The van der Waals surface area contributed by atoms with Gasteiger partial charge in [-0.3, -0.25) is 9.69 Å². The topological polar surface area (TPSA) is 63.0 Å². The molecule has 1 aromatic heterocycles. The van der Waals surface area contributed by atoms with Crippen molar-refractivity contribution in [3.8, 4) is 5.75 Å². The van der Waals surface area contributed by atoms with Crippen molar-refractivity contribution < 1.29 is 13.9 Å². The lowest BCUT2D eigenvalue weighted by Crippen LogP contribution is -2.45. The molecule has 0 fully saturated rings. The summed E-state index contributed by atoms with van der Waals surface area (Å²) < 4.78 is 11.7. The van der Waals surface area contributed by atoms with Crippen molar-refractivity contribution in [2.75, 3.05) is 24.5 Å². The fraction of sp³-hybridized carbons (Fsp3) is 0.267. The van der Waals surface area contributed by atoms with Crippen molar-refractivity contribution in [2.45, 2.75) is 32.4 Å². The summed E-state index contributed by atoms with van der Waals surface area (Å²) in [5.41, 5.74) is 5.02. The van der Waals surface area contributed by atoms with Gasteiger partial charge in [-0.05, 0) is 59.7 Å². The predicted molar refractivity (Wildman–Crippen MR) is 139 cm³/mol. The van der Waals surface area contributed by atoms with Crippen LogP contribution in [0.3, 0.4) is 0 Å². The van der Waals surface area contributed by atoms with Crippen LogP contribution in [0.2, 0.25) is 0 Å². The van der Waals surface area contributed by atoms with Gasteiger partial charge in [-0.15, -0.1) is 0 Å². The second-order valence-corrected chi connectivity index (χ2v) is 9.53. The molecule has 0 radical (unpaired) electrons. The minimum absolute atomic E-state index is 0.0570. The minimum atomic E-state index is -0.451. The van der Waals surface area contributed by atoms with Crippen LogP contribution in [0.1, 0.15) is 28.7 Å². The quantitative estimate of drug-likeness (QED) is 0.387. The first-order valence-electron chi connectivity index (χ1n) is 12.5. The number of hydrogen-bond acceptors (Lipinski definition) is 5. The van der Waals surface area contributed by atoms with Crippen LogP contribution in [0.25, 0.3) is 11.0 Å². The number of hydrogen-bond donors (Lipinski definition) is 0. The highest BCUT2D eigenvalue weighted by molar-refractivity contribution is 5.98. The van der Waals surface area contributed by atoms with Crippen LogP contribution in [0, 0.1) is 0 Å². The van der Waals surface area contributed by atoms with Gasteiger partial charge in [0.05, 0.1) is 6.54 Å². The van der Waals surface area contributed by atoms with E-state index in [9.17, 15) is 9.59 Å². The molecule has 6 nitrogen and oxygen atoms in total. The summed E-state index contributed by atoms with van der Waals surface area (Å²) in [7, 11) is 0. The highest BCUT2D eigenvalue weighted by Crippen LogP contribution is 2.33. The van der Waals surface area contributed by atoms with Gasteiger partial charge in [0.25, 0.3) is 0 Å². The zero-order valence-corrected chi connectivity index (χ0v) is 20.1. The standard InChI is InChI=1S/C30H28N2O4/c33-28(19-31-16-14-22-9-4-5-10-23(22)18-31)32-15-6-11-25-26-17-24(35-20-21-7-2-1-3-8-21)12-13-27(26)36-30(34)29(25)32/h1-5,7-10,12-13,17H,6,11,14-16,18-20H2. The molecule has 4 aromatic rings. The van der Waals surface area contributed by atoms with Crippen molar-refractivity contribution in [2.24, 2.45) is 0 Å². The molecule has 2 aliphatic rings. The lowest BCUT2D eigenvalue weighted by atomic mass is 9.98. The summed E-state index contributed by atoms with van der Waals surface area (Å²) in [6, 6.07) is 23.9. The molecule has 2 aliphatic heterocycles. The van der Waals surface area contributed by atoms with Gasteiger partial charge >= 0.3 is 5.63 Å². The highest BCUT2D eigenvalue weighted by atomic mass is 16.5. The van der Waals surface area contributed by atoms with Gasteiger partial charge in [-0.1, -0.05) is 54.6 Å². The largest absolute Gasteiger partial charge is 0.489 e. The Labute approximate surface area is 209 Å². The number of aryl methyl sites for hydroxylation is 1. The molecule has 0 saturated heterocycles. The number of ether oxygens (including phenoxy) is 1. The Hall–Kier alpha value is -3.90. The SMILES string of the molecule is O=C(CN1CCc2ccccc2C1)N1CCCc2c1c(=O)oc1ccc(OCc3ccccc3)cc21. The van der Waals surface area contributed by atoms with Gasteiger partial charge in [-0.25, -0.2) is 4.79 Å². The molecule has 0 saturated carbocycles. The fourth-order valence-electron chi connectivity index (χ4n) is 5.33. The number of amides is 1. The number of rotatable bonds is 5. The predicted octanol–water partition coefficient (Wildman–Crippen LogP) is 4.71. The average molecular weight is 481 g/mol. The van der Waals surface area contributed by atoms with Crippen molar-refractivity contribution >= 4 is 22.6 Å². The third-order valence-electron chi connectivity index (χ3n) is 7.15. The summed E-state index contributed by atoms with van der Waals surface area (Å²) in [4.78, 5) is 30.3. The van der Waals surface area contributed by atoms with Crippen LogP contribution in [-0.2, 0) is 30.8 Å². The number of nitrogens with zero attached hydrogens (tertiary/aromatic N) is 2. The van der Waals surface area contributed by atoms with Crippen molar-refractivity contribution in [1.29, 1.82) is 0 Å². The van der Waals surface area contributed by atoms with Crippen LogP contribution >= 0.6 is 0 Å². The maximum Gasteiger partial charge on any atom is 0.360 e. The number of fused-ring (bicyclic) bond motifs is 4. The zero-order chi connectivity index (χ0) is 24.5. The second kappa shape index (κ2) is 9.63. The molecule has 3 heterocycles. The Kier molecular flexibility index (Phi) is 6.03. The van der Waals surface area contributed by atoms with E-state index in [4.69, 9.17) is 9.15 Å². The normalized spacial score (nSPS) is 15.4. The van der Waals surface area contributed by atoms with Crippen molar-refractivity contribution in [1.82, 2.24) is 4.90 Å². The highest BCUT2D eigenvalue weighted by Gasteiger charge is 2.30. The molecule has 0 spiro atoms. The molecule has 0 bridgehead atoms. The molecule has 182 valence electrons. The Bertz CT molecular complexity index is 1480. The number of carbonyl (C=O) groups is 1. The lowest BCUT2D eigenvalue weighted by molar-refractivity contribution is -0.120. The molecule has 36 heavy (non-hydrogen) atoms. The Morgan fingerprint density at radius 1 is 0.917 bits per heavy atom. The van der Waals surface area contributed by atoms with E-state index in [1.54, 1.807) is 11.0 Å². The summed E-state index contributed by atoms with van der Waals surface area (Å²) >= 11 is 0. The van der Waals surface area contributed by atoms with E-state index in [-0.39, 0.29) is 12.5 Å². The first-order chi connectivity index (χ1) is 17.7. The third-order valence-corrected chi connectivity index (χ3v) is 7.15. The summed E-state index contributed by atoms with van der Waals surface area (Å²) in [5, 5.41) is 0.833. The molecule has 0 N–H and O–H groups in total. The van der Waals surface area contributed by atoms with Crippen LogP contribution in [0.5, 0.6) is 5.75 Å². The zero-order valence-electron chi connectivity index (χ0n) is 20.1. The smallest absolute Gasteiger partial charge is 0.360 e. The molecule has 0 unspecified atom stereocenters. The Morgan fingerprint density at radius 3 is 2.58 bits per heavy atom. The maximum atomic E-state index is 13.4. The molecule has 0 aliphatic carbocycles. The third kappa shape index (κ3) is 4.40. The summed E-state index contributed by atoms with van der Waals surface area (Å²) in [6.45, 7) is 2.84. The number of anilines is 1. The van der Waals surface area contributed by atoms with Crippen LogP contribution < -0.4 is 15.3 Å². The first-order valence-corrected chi connectivity index (χ1v) is 12.5. The van der Waals surface area contributed by atoms with E-state index in [1.165, 1.54) is 11.1 Å². The van der Waals surface area contributed by atoms with E-state index >= 15 is 0 Å². The Morgan fingerprint density at radius 2 is 1.72 bits per heavy atom. The summed E-state index contributed by atoms with van der Waals surface area (Å²) in [6.07, 6.45) is 2.45. The average Bonchev–Trinajstić information content (AvgIpc) is 2.92. The number of carbonyl (C=O) groups excluding carboxylic acids is 1. The van der Waals surface area contributed by atoms with Gasteiger partial charge in [0.2, 0.25) is 5.91 Å². The van der Waals surface area contributed by atoms with Gasteiger partial charge in [0, 0.05) is 25.0 Å². The molecule has 3 aromatic carbocycles. The maximum absolute atomic E-state index is 13.4. The van der Waals surface area contributed by atoms with E-state index < -0.39 is 5.63 Å². The Balaban J connectivity index is 1.26. The van der Waals surface area contributed by atoms with E-state index in [1.807, 2.05) is 48.5 Å². The monoisotopic (exact) mass is 480 g/mol. The number of benzene rings is 3. The molecule has 6 heteroatoms. The van der Waals surface area contributed by atoms with Crippen LogP contribution in [-0.4, -0.2) is 30.4 Å². The molecular weight excluding hydrogens is 452 g/mol. The van der Waals surface area contributed by atoms with Gasteiger partial charge < -0.3 is 14.1 Å². The molecule has 6 rings (SSSR count). The van der Waals surface area contributed by atoms with Crippen LogP contribution in [0.15, 0.2) is 82.0 Å². The van der Waals surface area contributed by atoms with Gasteiger partial charge in [-0.2, -0.15) is 0 Å². The molecule has 0 atom stereocenters. The van der Waals surface area contributed by atoms with Gasteiger partial charge in [0.1, 0.15) is 23.6 Å². The van der Waals surface area contributed by atoms with E-state index in [2.05, 4.69) is 23.1 Å². The fourth-order valence-corrected chi connectivity index (χ4v) is 5.33. The second-order valence-electron chi connectivity index (χ2n) is 9.53. The molecular formula is C30H28N2O4. The summed E-state index contributed by atoms with van der Waals surface area (Å²) in [5.74, 6) is 0.649. The first kappa shape index (κ1) is 22.6. The van der Waals surface area contributed by atoms with Crippen LogP contribution in [0.4, 0.5) is 5.69 Å². The lowest BCUT2D eigenvalue weighted by Gasteiger charge is -2.33. The van der Waals surface area contributed by atoms with Crippen molar-refractivity contribution in [3.63, 3.8) is 0 Å². The van der Waals surface area contributed by atoms with Crippen molar-refractivity contribution in [3.05, 3.63) is 105 Å².